The van der Waals surface area contributed by atoms with Crippen molar-refractivity contribution in [1.29, 1.82) is 0 Å². The summed E-state index contributed by atoms with van der Waals surface area (Å²) in [7, 11) is 2.03. The summed E-state index contributed by atoms with van der Waals surface area (Å²) in [4.78, 5) is 2.14. The highest BCUT2D eigenvalue weighted by Crippen LogP contribution is 2.26. The molecular weight excluding hydrogens is 386 g/mol. The molecule has 4 aromatic rings. The van der Waals surface area contributed by atoms with Crippen molar-refractivity contribution in [1.82, 2.24) is 24.9 Å². The Kier molecular flexibility index (Phi) is 5.47. The van der Waals surface area contributed by atoms with Gasteiger partial charge in [0.1, 0.15) is 0 Å². The van der Waals surface area contributed by atoms with Crippen LogP contribution in [0.5, 0.6) is 0 Å². The number of benzene rings is 2. The first-order valence-corrected chi connectivity index (χ1v) is 9.77. The Morgan fingerprint density at radius 2 is 1.69 bits per heavy atom. The van der Waals surface area contributed by atoms with E-state index in [0.717, 1.165) is 29.2 Å². The van der Waals surface area contributed by atoms with Crippen LogP contribution in [0, 0.1) is 13.8 Å². The largest absolute Gasteiger partial charge is 0.419 e. The van der Waals surface area contributed by atoms with E-state index in [1.54, 1.807) is 0 Å². The molecule has 0 radical (unpaired) electrons. The minimum atomic E-state index is 0.434. The van der Waals surface area contributed by atoms with Gasteiger partial charge in [-0.3, -0.25) is 4.90 Å². The maximum Gasteiger partial charge on any atom is 0.249 e. The van der Waals surface area contributed by atoms with Crippen LogP contribution in [0.15, 0.2) is 59.0 Å². The van der Waals surface area contributed by atoms with Crippen LogP contribution in [0.2, 0.25) is 5.02 Å². The van der Waals surface area contributed by atoms with Crippen LogP contribution in [0.1, 0.15) is 22.8 Å². The van der Waals surface area contributed by atoms with Gasteiger partial charge in [-0.05, 0) is 45.2 Å². The van der Waals surface area contributed by atoms with Crippen LogP contribution < -0.4 is 0 Å². The fraction of sp³-hybridized carbons (Fsp3) is 0.227. The zero-order valence-electron chi connectivity index (χ0n) is 16.6. The van der Waals surface area contributed by atoms with Gasteiger partial charge >= 0.3 is 0 Å². The summed E-state index contributed by atoms with van der Waals surface area (Å²) in [6.07, 6.45) is 0. The van der Waals surface area contributed by atoms with Crippen molar-refractivity contribution in [2.45, 2.75) is 26.9 Å². The van der Waals surface area contributed by atoms with Crippen LogP contribution in [0.25, 0.3) is 17.1 Å². The third-order valence-corrected chi connectivity index (χ3v) is 5.18. The number of halogens is 1. The average Bonchev–Trinajstić information content (AvgIpc) is 3.29. The molecule has 29 heavy (non-hydrogen) atoms. The van der Waals surface area contributed by atoms with Crippen molar-refractivity contribution in [3.05, 3.63) is 82.5 Å². The van der Waals surface area contributed by atoms with Gasteiger partial charge < -0.3 is 4.42 Å². The molecule has 2 aromatic carbocycles. The molecule has 0 aliphatic heterocycles. The van der Waals surface area contributed by atoms with E-state index in [1.165, 1.54) is 5.56 Å². The molecule has 0 saturated heterocycles. The molecule has 148 valence electrons. The van der Waals surface area contributed by atoms with Gasteiger partial charge in [0.05, 0.1) is 28.5 Å². The van der Waals surface area contributed by atoms with Gasteiger partial charge in [-0.2, -0.15) is 5.10 Å². The molecule has 6 nitrogen and oxygen atoms in total. The summed E-state index contributed by atoms with van der Waals surface area (Å²) in [5, 5.41) is 13.6. The highest BCUT2D eigenvalue weighted by molar-refractivity contribution is 6.33. The lowest BCUT2D eigenvalue weighted by atomic mass is 10.2. The van der Waals surface area contributed by atoms with Crippen molar-refractivity contribution in [2.75, 3.05) is 7.05 Å². The van der Waals surface area contributed by atoms with E-state index in [2.05, 4.69) is 34.2 Å². The Morgan fingerprint density at radius 1 is 0.966 bits per heavy atom. The second-order valence-electron chi connectivity index (χ2n) is 7.05. The minimum Gasteiger partial charge on any atom is -0.419 e. The monoisotopic (exact) mass is 407 g/mol. The molecule has 2 heterocycles. The van der Waals surface area contributed by atoms with Gasteiger partial charge in [-0.15, -0.1) is 10.2 Å². The van der Waals surface area contributed by atoms with Gasteiger partial charge in [0.2, 0.25) is 11.8 Å². The number of aryl methyl sites for hydroxylation is 1. The van der Waals surface area contributed by atoms with Crippen LogP contribution in [0.3, 0.4) is 0 Å². The van der Waals surface area contributed by atoms with Gasteiger partial charge in [0.25, 0.3) is 0 Å². The fourth-order valence-electron chi connectivity index (χ4n) is 3.34. The highest BCUT2D eigenvalue weighted by atomic mass is 35.5. The van der Waals surface area contributed by atoms with E-state index in [-0.39, 0.29) is 0 Å². The molecule has 0 spiro atoms. The summed E-state index contributed by atoms with van der Waals surface area (Å²) >= 11 is 6.22. The minimum absolute atomic E-state index is 0.434. The lowest BCUT2D eigenvalue weighted by Crippen LogP contribution is -2.18. The zero-order valence-corrected chi connectivity index (χ0v) is 17.4. The highest BCUT2D eigenvalue weighted by Gasteiger charge is 2.17. The predicted molar refractivity (Wildman–Crippen MR) is 113 cm³/mol. The fourth-order valence-corrected chi connectivity index (χ4v) is 3.56. The maximum atomic E-state index is 6.22. The van der Waals surface area contributed by atoms with Crippen LogP contribution in [-0.2, 0) is 13.1 Å². The van der Waals surface area contributed by atoms with Gasteiger partial charge in [-0.1, -0.05) is 41.9 Å². The number of hydrogen-bond donors (Lipinski definition) is 0. The predicted octanol–water partition coefficient (Wildman–Crippen LogP) is 4.82. The Balaban J connectivity index is 1.49. The third kappa shape index (κ3) is 4.09. The molecular formula is C22H22ClN5O. The zero-order chi connectivity index (χ0) is 20.4. The van der Waals surface area contributed by atoms with E-state index in [4.69, 9.17) is 21.1 Å². The van der Waals surface area contributed by atoms with Crippen molar-refractivity contribution < 1.29 is 4.42 Å². The van der Waals surface area contributed by atoms with Gasteiger partial charge in [0.15, 0.2) is 0 Å². The first-order valence-electron chi connectivity index (χ1n) is 9.39. The van der Waals surface area contributed by atoms with Crippen molar-refractivity contribution >= 4 is 11.6 Å². The first-order chi connectivity index (χ1) is 14.0. The number of rotatable bonds is 6. The van der Waals surface area contributed by atoms with Crippen LogP contribution >= 0.6 is 11.6 Å². The Morgan fingerprint density at radius 3 is 2.45 bits per heavy atom. The summed E-state index contributed by atoms with van der Waals surface area (Å²) in [5.74, 6) is 0.983. The normalized spacial score (nSPS) is 11.3. The third-order valence-electron chi connectivity index (χ3n) is 4.85. The molecule has 0 aliphatic rings. The average molecular weight is 408 g/mol. The van der Waals surface area contributed by atoms with E-state index >= 15 is 0 Å². The molecule has 0 saturated carbocycles. The van der Waals surface area contributed by atoms with Gasteiger partial charge in [0, 0.05) is 17.8 Å². The molecule has 0 unspecified atom stereocenters. The standard InChI is InChI=1S/C22H22ClN5O/c1-15-19(16(2)28(26-15)17-9-5-4-6-10-17)13-27(3)14-21-24-25-22(29-21)18-11-7-8-12-20(18)23/h4-12H,13-14H2,1-3H3. The quantitative estimate of drug-likeness (QED) is 0.458. The Bertz CT molecular complexity index is 1120. The molecule has 7 heteroatoms. The second kappa shape index (κ2) is 8.19. The molecule has 0 aliphatic carbocycles. The van der Waals surface area contributed by atoms with Crippen molar-refractivity contribution in [3.8, 4) is 17.1 Å². The van der Waals surface area contributed by atoms with Crippen LogP contribution in [0.4, 0.5) is 0 Å². The number of nitrogens with zero attached hydrogens (tertiary/aromatic N) is 5. The molecule has 4 rings (SSSR count). The molecule has 0 atom stereocenters. The summed E-state index contributed by atoms with van der Waals surface area (Å²) in [5.41, 5.74) is 5.14. The summed E-state index contributed by atoms with van der Waals surface area (Å²) in [6, 6.07) is 17.6. The number of hydrogen-bond acceptors (Lipinski definition) is 5. The number of aromatic nitrogens is 4. The smallest absolute Gasteiger partial charge is 0.249 e. The molecule has 0 N–H and O–H groups in total. The van der Waals surface area contributed by atoms with E-state index in [9.17, 15) is 0 Å². The van der Waals surface area contributed by atoms with E-state index < -0.39 is 0 Å². The lowest BCUT2D eigenvalue weighted by molar-refractivity contribution is 0.282. The maximum absolute atomic E-state index is 6.22. The SMILES string of the molecule is Cc1nn(-c2ccccc2)c(C)c1CN(C)Cc1nnc(-c2ccccc2Cl)o1. The lowest BCUT2D eigenvalue weighted by Gasteiger charge is -2.14. The molecule has 0 fully saturated rings. The molecule has 2 aromatic heterocycles. The summed E-state index contributed by atoms with van der Waals surface area (Å²) in [6.45, 7) is 5.40. The first kappa shape index (κ1) is 19.4. The van der Waals surface area contributed by atoms with Crippen LogP contribution in [-0.4, -0.2) is 31.9 Å². The van der Waals surface area contributed by atoms with E-state index in [1.807, 2.05) is 61.1 Å². The topological polar surface area (TPSA) is 60.0 Å². The molecule has 0 amide bonds. The second-order valence-corrected chi connectivity index (χ2v) is 7.46. The van der Waals surface area contributed by atoms with E-state index in [0.29, 0.717) is 23.3 Å². The van der Waals surface area contributed by atoms with Gasteiger partial charge in [-0.25, -0.2) is 4.68 Å². The van der Waals surface area contributed by atoms with Crippen molar-refractivity contribution in [2.24, 2.45) is 0 Å². The Hall–Kier alpha value is -2.96. The Labute approximate surface area is 174 Å². The van der Waals surface area contributed by atoms with Crippen molar-refractivity contribution in [3.63, 3.8) is 0 Å². The molecule has 0 bridgehead atoms. The summed E-state index contributed by atoms with van der Waals surface area (Å²) < 4.78 is 7.81. The number of para-hydroxylation sites is 1.